The minimum atomic E-state index is -1.26. The predicted molar refractivity (Wildman–Crippen MR) is 215 cm³/mol. The van der Waals surface area contributed by atoms with E-state index in [2.05, 4.69) is 0 Å². The lowest BCUT2D eigenvalue weighted by Crippen LogP contribution is -2.61. The van der Waals surface area contributed by atoms with E-state index in [4.69, 9.17) is 0 Å². The van der Waals surface area contributed by atoms with Gasteiger partial charge in [-0.3, -0.25) is 0 Å². The smallest absolute Gasteiger partial charge is 0.252 e. The molecule has 0 bridgehead atoms. The average Bonchev–Trinajstić information content (AvgIpc) is 3.13. The first-order valence-electron chi connectivity index (χ1n) is 24.4. The summed E-state index contributed by atoms with van der Waals surface area (Å²) >= 11 is 0. The van der Waals surface area contributed by atoms with Crippen molar-refractivity contribution in [3.63, 3.8) is 0 Å². The van der Waals surface area contributed by atoms with Crippen molar-refractivity contribution in [1.82, 2.24) is 0 Å². The molecule has 0 fully saturated rings. The van der Waals surface area contributed by atoms with Crippen LogP contribution in [0.15, 0.2) is 103 Å². The van der Waals surface area contributed by atoms with Gasteiger partial charge in [0.25, 0.3) is 6.71 Å². The van der Waals surface area contributed by atoms with Crippen molar-refractivity contribution in [2.75, 3.05) is 9.80 Å². The van der Waals surface area contributed by atoms with Crippen LogP contribution < -0.4 is 26.2 Å². The molecule has 5 aromatic carbocycles. The summed E-state index contributed by atoms with van der Waals surface area (Å²) in [6, 6.07) is -2.61. The molecule has 250 valence electrons. The van der Waals surface area contributed by atoms with Crippen LogP contribution in [-0.4, -0.2) is 6.71 Å². The fraction of sp³-hybridized carbons (Fsp3) is 0.348. The summed E-state index contributed by atoms with van der Waals surface area (Å²) in [5.74, 6) is 0. The van der Waals surface area contributed by atoms with E-state index in [1.807, 2.05) is 0 Å². The molecule has 0 saturated heterocycles. The molecule has 0 saturated carbocycles. The minimum Gasteiger partial charge on any atom is -0.311 e. The number of nitrogens with zero attached hydrogens (tertiary/aromatic N) is 2. The highest BCUT2D eigenvalue weighted by molar-refractivity contribution is 7.00. The van der Waals surface area contributed by atoms with Crippen molar-refractivity contribution in [3.8, 4) is 0 Å². The maximum absolute atomic E-state index is 10.1. The molecule has 49 heavy (non-hydrogen) atoms. The topological polar surface area (TPSA) is 6.48 Å². The van der Waals surface area contributed by atoms with Gasteiger partial charge < -0.3 is 9.80 Å². The summed E-state index contributed by atoms with van der Waals surface area (Å²) in [6.07, 6.45) is 0. The quantitative estimate of drug-likeness (QED) is 0.170. The van der Waals surface area contributed by atoms with Crippen LogP contribution in [0, 0.1) is 0 Å². The van der Waals surface area contributed by atoms with Gasteiger partial charge >= 0.3 is 0 Å². The summed E-state index contributed by atoms with van der Waals surface area (Å²) in [7, 11) is 0. The molecule has 2 heterocycles. The van der Waals surface area contributed by atoms with E-state index in [-0.39, 0.29) is 127 Å². The van der Waals surface area contributed by atoms with Crippen LogP contribution in [0.4, 0.5) is 34.1 Å². The normalized spacial score (nSPS) is 18.7. The van der Waals surface area contributed by atoms with Gasteiger partial charge in [-0.05, 0) is 109 Å². The monoisotopic (exact) mass is 660 g/mol. The van der Waals surface area contributed by atoms with E-state index < -0.39 is 64.6 Å². The summed E-state index contributed by atoms with van der Waals surface area (Å²) in [4.78, 5) is 2.60. The Morgan fingerprint density at radius 2 is 0.755 bits per heavy atom. The Kier molecular flexibility index (Phi) is 4.51. The molecular formula is C46H53BN2. The van der Waals surface area contributed by atoms with E-state index >= 15 is 0 Å². The average molecular weight is 660 g/mol. The third-order valence-electron chi connectivity index (χ3n) is 9.10. The summed E-state index contributed by atoms with van der Waals surface area (Å²) in [5.41, 5.74) is -3.37. The van der Waals surface area contributed by atoms with Gasteiger partial charge in [0.1, 0.15) is 0 Å². The second-order valence-electron chi connectivity index (χ2n) is 17.2. The van der Waals surface area contributed by atoms with Crippen molar-refractivity contribution in [2.24, 2.45) is 0 Å². The lowest BCUT2D eigenvalue weighted by atomic mass is 9.33. The number of anilines is 6. The molecule has 0 aliphatic carbocycles. The van der Waals surface area contributed by atoms with Crippen LogP contribution >= 0.6 is 0 Å². The molecule has 0 unspecified atom stereocenters. The van der Waals surface area contributed by atoms with Crippen LogP contribution in [0.2, 0.25) is 0 Å². The Balaban J connectivity index is 1.83. The maximum Gasteiger partial charge on any atom is 0.252 e. The predicted octanol–water partition coefficient (Wildman–Crippen LogP) is 11.0. The zero-order valence-electron chi connectivity index (χ0n) is 45.6. The van der Waals surface area contributed by atoms with Gasteiger partial charge in [-0.1, -0.05) is 137 Å². The van der Waals surface area contributed by atoms with Gasteiger partial charge in [0.2, 0.25) is 0 Å². The largest absolute Gasteiger partial charge is 0.311 e. The maximum atomic E-state index is 10.1. The second-order valence-corrected chi connectivity index (χ2v) is 17.2. The van der Waals surface area contributed by atoms with E-state index in [9.17, 15) is 20.6 Å². The number of benzene rings is 5. The molecule has 0 N–H and O–H groups in total. The van der Waals surface area contributed by atoms with Gasteiger partial charge in [0.15, 0.2) is 0 Å². The van der Waals surface area contributed by atoms with Crippen LogP contribution in [0.25, 0.3) is 0 Å². The Labute approximate surface area is 317 Å². The SMILES string of the molecule is [2H]c1cc2c3c(c1)N(c1c([2H])c([2H])c(C(C)(C)C)c([2H])c1[2H])c1c([2H])c([2H])c(C(C)(C)C)c([2H])c1B3c1c([2H])c(C(C)(C)C)c([2H])c([2H])c1N2c1c([2H])c([2H])c(C(C)(C)C)c([2H])c1[2H]. The first-order chi connectivity index (χ1) is 29.1. The lowest BCUT2D eigenvalue weighted by molar-refractivity contribution is 0.590. The van der Waals surface area contributed by atoms with Gasteiger partial charge in [-0.15, -0.1) is 0 Å². The first kappa shape index (κ1) is 19.8. The van der Waals surface area contributed by atoms with Gasteiger partial charge in [-0.2, -0.15) is 0 Å². The highest BCUT2D eigenvalue weighted by atomic mass is 15.2. The third kappa shape index (κ3) is 5.70. The Morgan fingerprint density at radius 3 is 1.08 bits per heavy atom. The molecular weight excluding hydrogens is 591 g/mol. The van der Waals surface area contributed by atoms with E-state index in [1.165, 1.54) is 21.9 Å². The minimum absolute atomic E-state index is 0.0375. The van der Waals surface area contributed by atoms with Crippen molar-refractivity contribution < 1.29 is 20.6 Å². The summed E-state index contributed by atoms with van der Waals surface area (Å²) in [6.45, 7) is 20.1. The standard InChI is InChI=1S/C46H53BN2/c1-43(2,3)30-16-22-34(23-17-30)48-38-26-20-32(45(7,8)9)28-36(38)47-37-29-33(46(10,11)12)21-27-39(37)49(41-15-13-14-40(48)42(41)47)35-24-18-31(19-25-35)44(4,5)6/h13-29H,1-12H3/i13D,16D,17D,18D,19D,20D,21D,22D,23D,24D,25D,26D,27D,28D,29D. The molecule has 7 rings (SSSR count). The van der Waals surface area contributed by atoms with Gasteiger partial charge in [-0.25, -0.2) is 0 Å². The van der Waals surface area contributed by atoms with Gasteiger partial charge in [0.05, 0.1) is 20.6 Å². The molecule has 0 spiro atoms. The van der Waals surface area contributed by atoms with E-state index in [1.54, 1.807) is 83.1 Å². The zero-order chi connectivity index (χ0) is 48.3. The van der Waals surface area contributed by atoms with Crippen LogP contribution in [-0.2, 0) is 21.7 Å². The number of hydrogen-bond donors (Lipinski definition) is 0. The van der Waals surface area contributed by atoms with Crippen LogP contribution in [0.5, 0.6) is 0 Å². The summed E-state index contributed by atoms with van der Waals surface area (Å²) < 4.78 is 143. The van der Waals surface area contributed by atoms with Crippen molar-refractivity contribution >= 4 is 57.2 Å². The molecule has 3 heteroatoms. The molecule has 2 aliphatic rings. The zero-order valence-corrected chi connectivity index (χ0v) is 30.6. The lowest BCUT2D eigenvalue weighted by Gasteiger charge is -2.45. The molecule has 0 radical (unpaired) electrons. The Bertz CT molecular complexity index is 2650. The molecule has 2 aliphatic heterocycles. The highest BCUT2D eigenvalue weighted by Gasteiger charge is 2.44. The Morgan fingerprint density at radius 1 is 0.429 bits per heavy atom. The number of fused-ring (bicyclic) bond motifs is 4. The number of rotatable bonds is 2. The van der Waals surface area contributed by atoms with E-state index in [0.29, 0.717) is 0 Å². The van der Waals surface area contributed by atoms with E-state index in [0.717, 1.165) is 0 Å². The first-order valence-corrected chi connectivity index (χ1v) is 16.9. The van der Waals surface area contributed by atoms with Crippen LogP contribution in [0.1, 0.15) is 126 Å². The van der Waals surface area contributed by atoms with Crippen molar-refractivity contribution in [2.45, 2.75) is 105 Å². The molecule has 0 aromatic heterocycles. The van der Waals surface area contributed by atoms with Crippen molar-refractivity contribution in [3.05, 3.63) is 125 Å². The molecule has 0 atom stereocenters. The second kappa shape index (κ2) is 11.1. The molecule has 2 nitrogen and oxygen atoms in total. The third-order valence-corrected chi connectivity index (χ3v) is 9.10. The summed E-state index contributed by atoms with van der Waals surface area (Å²) in [5, 5.41) is 0. The molecule has 5 aromatic rings. The highest BCUT2D eigenvalue weighted by Crippen LogP contribution is 2.45. The molecule has 0 amide bonds. The number of hydrogen-bond acceptors (Lipinski definition) is 2. The van der Waals surface area contributed by atoms with Gasteiger partial charge in [0, 0.05) is 34.1 Å². The fourth-order valence-electron chi connectivity index (χ4n) is 6.22. The van der Waals surface area contributed by atoms with Crippen molar-refractivity contribution in [1.29, 1.82) is 0 Å². The van der Waals surface area contributed by atoms with Crippen LogP contribution in [0.3, 0.4) is 0 Å². The Hall–Kier alpha value is -4.24. The fourth-order valence-corrected chi connectivity index (χ4v) is 6.22.